The molecule has 0 spiro atoms. The molecule has 2 fully saturated rings. The predicted molar refractivity (Wildman–Crippen MR) is 126 cm³/mol. The van der Waals surface area contributed by atoms with Crippen LogP contribution in [0.25, 0.3) is 0 Å². The topological polar surface area (TPSA) is 105 Å². The molecule has 2 heterocycles. The minimum atomic E-state index is -2.74. The Bertz CT molecular complexity index is 1090. The number of carboxylic acids is 1. The van der Waals surface area contributed by atoms with Gasteiger partial charge in [-0.3, -0.25) is 8.51 Å². The maximum Gasteiger partial charge on any atom is 0.341 e. The quantitative estimate of drug-likeness (QED) is 0.568. The number of ether oxygens (including phenoxy) is 1. The van der Waals surface area contributed by atoms with Gasteiger partial charge in [-0.1, -0.05) is 25.1 Å². The van der Waals surface area contributed by atoms with Crippen LogP contribution in [0.4, 0.5) is 17.1 Å². The number of anilines is 3. The van der Waals surface area contributed by atoms with E-state index in [0.717, 1.165) is 48.9 Å². The Morgan fingerprint density at radius 2 is 2.12 bits per heavy atom. The molecule has 0 amide bonds. The fourth-order valence-electron chi connectivity index (χ4n) is 5.13. The monoisotopic (exact) mass is 470 g/mol. The van der Waals surface area contributed by atoms with Crippen molar-refractivity contribution in [1.29, 1.82) is 0 Å². The second-order valence-electron chi connectivity index (χ2n) is 9.05. The predicted octanol–water partition coefficient (Wildman–Crippen LogP) is 3.57. The molecule has 1 saturated heterocycles. The molecule has 3 unspecified atom stereocenters. The van der Waals surface area contributed by atoms with Crippen LogP contribution in [-0.4, -0.2) is 57.5 Å². The third-order valence-corrected chi connectivity index (χ3v) is 7.72. The van der Waals surface area contributed by atoms with Crippen molar-refractivity contribution >= 4 is 34.3 Å². The number of carbonyl (C=O) groups is 1. The normalized spacial score (nSPS) is 24.4. The summed E-state index contributed by atoms with van der Waals surface area (Å²) in [5, 5.41) is 13.4. The summed E-state index contributed by atoms with van der Waals surface area (Å²) >= 11 is -2.74. The van der Waals surface area contributed by atoms with E-state index in [9.17, 15) is 18.7 Å². The lowest BCUT2D eigenvalue weighted by atomic mass is 10.00. The number of carboxylic acid groups (broad SMARTS) is 1. The molecule has 8 nitrogen and oxygen atoms in total. The van der Waals surface area contributed by atoms with Crippen molar-refractivity contribution in [2.45, 2.75) is 25.7 Å². The van der Waals surface area contributed by atoms with Crippen molar-refractivity contribution in [1.82, 2.24) is 4.90 Å². The summed E-state index contributed by atoms with van der Waals surface area (Å²) in [6.45, 7) is 6.44. The number of aromatic carboxylic acids is 1. The molecule has 2 aliphatic heterocycles. The number of nitrogens with one attached hydrogen (secondary N) is 1. The molecule has 0 bridgehead atoms. The Morgan fingerprint density at radius 1 is 1.30 bits per heavy atom. The fourth-order valence-corrected chi connectivity index (χ4v) is 5.76. The minimum Gasteiger partial charge on any atom is -0.755 e. The molecule has 176 valence electrons. The van der Waals surface area contributed by atoms with Gasteiger partial charge in [0.15, 0.2) is 0 Å². The highest BCUT2D eigenvalue weighted by atomic mass is 32.2. The number of nitrogens with zero attached hydrogens (tertiary/aromatic N) is 2. The Morgan fingerprint density at radius 3 is 2.85 bits per heavy atom. The first-order chi connectivity index (χ1) is 16.0. The summed E-state index contributed by atoms with van der Waals surface area (Å²) in [5.41, 5.74) is 1.87. The molecular weight excluding hydrogens is 442 g/mol. The molecule has 33 heavy (non-hydrogen) atoms. The number of fused-ring (bicyclic) bond motifs is 3. The van der Waals surface area contributed by atoms with Crippen molar-refractivity contribution in [2.24, 2.45) is 11.8 Å². The molecule has 0 aromatic heterocycles. The van der Waals surface area contributed by atoms with Gasteiger partial charge in [0.1, 0.15) is 11.3 Å². The zero-order chi connectivity index (χ0) is 23.1. The summed E-state index contributed by atoms with van der Waals surface area (Å²) in [6, 6.07) is 10.5. The number of likely N-dealkylation sites (tertiary alicyclic amines) is 1. The van der Waals surface area contributed by atoms with Gasteiger partial charge in [0.05, 0.1) is 34.9 Å². The number of hydrogen-bond acceptors (Lipinski definition) is 6. The lowest BCUT2D eigenvalue weighted by Crippen LogP contribution is -2.26. The van der Waals surface area contributed by atoms with Crippen LogP contribution in [0.2, 0.25) is 0 Å². The maximum atomic E-state index is 12.5. The zero-order valence-corrected chi connectivity index (χ0v) is 19.3. The first-order valence-corrected chi connectivity index (χ1v) is 12.5. The first-order valence-electron chi connectivity index (χ1n) is 11.5. The summed E-state index contributed by atoms with van der Waals surface area (Å²) in [4.78, 5) is 14.7. The summed E-state index contributed by atoms with van der Waals surface area (Å²) < 4.78 is 31.8. The van der Waals surface area contributed by atoms with E-state index < -0.39 is 17.2 Å². The smallest absolute Gasteiger partial charge is 0.341 e. The number of rotatable bonds is 8. The molecule has 2 N–H and O–H groups in total. The minimum absolute atomic E-state index is 0.0842. The van der Waals surface area contributed by atoms with Crippen LogP contribution in [0, 0.1) is 11.8 Å². The third-order valence-electron chi connectivity index (χ3n) is 7.03. The Balaban J connectivity index is 1.49. The molecule has 2 aromatic rings. The first kappa shape index (κ1) is 22.2. The number of para-hydroxylation sites is 2. The average molecular weight is 471 g/mol. The van der Waals surface area contributed by atoms with Gasteiger partial charge in [-0.15, -0.1) is 0 Å². The fraction of sp³-hybridized carbons (Fsp3) is 0.458. The average Bonchev–Trinajstić information content (AvgIpc) is 3.46. The third kappa shape index (κ3) is 4.20. The van der Waals surface area contributed by atoms with Crippen molar-refractivity contribution in [3.8, 4) is 5.75 Å². The second-order valence-corrected chi connectivity index (χ2v) is 9.85. The van der Waals surface area contributed by atoms with E-state index in [2.05, 4.69) is 17.1 Å². The van der Waals surface area contributed by atoms with Gasteiger partial charge < -0.3 is 24.6 Å². The number of hydrogen-bond donors (Lipinski definition) is 2. The van der Waals surface area contributed by atoms with E-state index in [1.807, 2.05) is 18.2 Å². The molecular formula is C24H28N3O5S-. The zero-order valence-electron chi connectivity index (χ0n) is 18.5. The van der Waals surface area contributed by atoms with Crippen LogP contribution in [0.1, 0.15) is 41.6 Å². The summed E-state index contributed by atoms with van der Waals surface area (Å²) in [6.07, 6.45) is 2.07. The lowest BCUT2D eigenvalue weighted by molar-refractivity contribution is 0.0692. The van der Waals surface area contributed by atoms with E-state index in [4.69, 9.17) is 4.74 Å². The van der Waals surface area contributed by atoms with E-state index in [0.29, 0.717) is 41.5 Å². The van der Waals surface area contributed by atoms with Crippen molar-refractivity contribution < 1.29 is 23.4 Å². The van der Waals surface area contributed by atoms with Gasteiger partial charge in [0.25, 0.3) is 0 Å². The standard InChI is InChI=1S/C24H29N3O5S/c1-2-26-10-9-15(13-26)12-25-19-5-3-4-6-20(19)27(33(30)31)21-8-7-17-18-11-16(18)14-32-23(17)22(21)24(28)29/h3-8,15-16,18,25H,2,9-14H2,1H3,(H,28,29)(H,30,31)/p-1/t15-,16?,18?/m0/s1. The SMILES string of the molecule is CCN1CC[C@@H](CNc2ccccc2N(c2ccc3c(c2C(=O)O)OCC2CC32)S(=O)[O-])C1. The van der Waals surface area contributed by atoms with Crippen molar-refractivity contribution in [3.05, 3.63) is 47.5 Å². The molecule has 1 saturated carbocycles. The van der Waals surface area contributed by atoms with Crippen LogP contribution in [-0.2, 0) is 11.3 Å². The van der Waals surface area contributed by atoms with Crippen LogP contribution in [0.15, 0.2) is 36.4 Å². The highest BCUT2D eigenvalue weighted by Crippen LogP contribution is 2.56. The van der Waals surface area contributed by atoms with E-state index in [-0.39, 0.29) is 11.3 Å². The van der Waals surface area contributed by atoms with E-state index >= 15 is 0 Å². The largest absolute Gasteiger partial charge is 0.755 e. The Hall–Kier alpha value is -2.62. The van der Waals surface area contributed by atoms with Crippen LogP contribution in [0.3, 0.4) is 0 Å². The molecule has 0 radical (unpaired) electrons. The van der Waals surface area contributed by atoms with Crippen molar-refractivity contribution in [3.63, 3.8) is 0 Å². The molecule has 5 rings (SSSR count). The van der Waals surface area contributed by atoms with Crippen molar-refractivity contribution in [2.75, 3.05) is 42.4 Å². The van der Waals surface area contributed by atoms with Crippen LogP contribution in [0.5, 0.6) is 5.75 Å². The molecule has 9 heteroatoms. The second kappa shape index (κ2) is 8.96. The number of benzene rings is 2. The summed E-state index contributed by atoms with van der Waals surface area (Å²) in [5.74, 6) is 0.300. The van der Waals surface area contributed by atoms with Gasteiger partial charge in [-0.2, -0.15) is 0 Å². The van der Waals surface area contributed by atoms with Gasteiger partial charge in [-0.05, 0) is 61.5 Å². The lowest BCUT2D eigenvalue weighted by Gasteiger charge is -2.31. The molecule has 4 atom stereocenters. The van der Waals surface area contributed by atoms with Gasteiger partial charge in [-0.25, -0.2) is 4.79 Å². The highest BCUT2D eigenvalue weighted by Gasteiger charge is 2.45. The van der Waals surface area contributed by atoms with E-state index in [1.165, 1.54) is 0 Å². The van der Waals surface area contributed by atoms with E-state index in [1.54, 1.807) is 18.2 Å². The highest BCUT2D eigenvalue weighted by molar-refractivity contribution is 7.81. The van der Waals surface area contributed by atoms with Crippen LogP contribution >= 0.6 is 0 Å². The van der Waals surface area contributed by atoms with Gasteiger partial charge in [0.2, 0.25) is 0 Å². The van der Waals surface area contributed by atoms with Crippen LogP contribution < -0.4 is 14.4 Å². The molecule has 1 aliphatic carbocycles. The Kier molecular flexibility index (Phi) is 6.03. The van der Waals surface area contributed by atoms with Gasteiger partial charge in [0, 0.05) is 19.0 Å². The maximum absolute atomic E-state index is 12.5. The van der Waals surface area contributed by atoms with Gasteiger partial charge >= 0.3 is 5.97 Å². The summed E-state index contributed by atoms with van der Waals surface area (Å²) in [7, 11) is 0. The molecule has 3 aliphatic rings. The molecule has 2 aromatic carbocycles. The Labute approximate surface area is 196 Å².